The number of urea groups is 1. The molecule has 1 spiro atoms. The number of carbonyl (C=O) groups is 4. The molecule has 148 valence electrons. The molecule has 1 aromatic carbocycles. The predicted octanol–water partition coefficient (Wildman–Crippen LogP) is 1.77. The second-order valence-corrected chi connectivity index (χ2v) is 7.84. The van der Waals surface area contributed by atoms with Crippen molar-refractivity contribution < 1.29 is 19.2 Å². The van der Waals surface area contributed by atoms with Gasteiger partial charge in [-0.1, -0.05) is 19.3 Å². The Hall–Kier alpha value is -2.90. The lowest BCUT2D eigenvalue weighted by Crippen LogP contribution is -2.48. The van der Waals surface area contributed by atoms with Gasteiger partial charge in [-0.05, 0) is 49.9 Å². The molecule has 0 bridgehead atoms. The summed E-state index contributed by atoms with van der Waals surface area (Å²) in [6, 6.07) is 6.32. The first kappa shape index (κ1) is 18.5. The van der Waals surface area contributed by atoms with Gasteiger partial charge in [-0.15, -0.1) is 0 Å². The molecular weight excluding hydrogens is 360 g/mol. The van der Waals surface area contributed by atoms with Gasteiger partial charge in [-0.25, -0.2) is 4.79 Å². The number of nitrogens with one attached hydrogen (secondary N) is 3. The second kappa shape index (κ2) is 7.26. The predicted molar refractivity (Wildman–Crippen MR) is 102 cm³/mol. The van der Waals surface area contributed by atoms with Crippen LogP contribution < -0.4 is 16.0 Å². The number of rotatable bonds is 5. The zero-order valence-electron chi connectivity index (χ0n) is 15.6. The Morgan fingerprint density at radius 1 is 1.07 bits per heavy atom. The maximum absolute atomic E-state index is 12.7. The van der Waals surface area contributed by atoms with Crippen LogP contribution in [0.1, 0.15) is 55.3 Å². The summed E-state index contributed by atoms with van der Waals surface area (Å²) in [4.78, 5) is 50.3. The van der Waals surface area contributed by atoms with Gasteiger partial charge in [-0.2, -0.15) is 0 Å². The van der Waals surface area contributed by atoms with Crippen molar-refractivity contribution in [2.24, 2.45) is 0 Å². The Labute approximate surface area is 163 Å². The lowest BCUT2D eigenvalue weighted by atomic mass is 9.82. The Morgan fingerprint density at radius 2 is 1.75 bits per heavy atom. The van der Waals surface area contributed by atoms with E-state index in [-0.39, 0.29) is 24.4 Å². The molecule has 8 nitrogen and oxygen atoms in total. The van der Waals surface area contributed by atoms with E-state index in [0.717, 1.165) is 37.0 Å². The van der Waals surface area contributed by atoms with Gasteiger partial charge in [0, 0.05) is 17.3 Å². The molecule has 0 radical (unpaired) electrons. The average molecular weight is 384 g/mol. The Kier molecular flexibility index (Phi) is 4.78. The fourth-order valence-electron chi connectivity index (χ4n) is 3.86. The monoisotopic (exact) mass is 384 g/mol. The Bertz CT molecular complexity index is 810. The van der Waals surface area contributed by atoms with E-state index in [1.165, 1.54) is 0 Å². The maximum atomic E-state index is 12.7. The van der Waals surface area contributed by atoms with Gasteiger partial charge in [0.25, 0.3) is 11.8 Å². The molecule has 3 N–H and O–H groups in total. The van der Waals surface area contributed by atoms with Crippen molar-refractivity contribution in [3.63, 3.8) is 0 Å². The third-order valence-electron chi connectivity index (χ3n) is 5.60. The van der Waals surface area contributed by atoms with Crippen LogP contribution in [0.2, 0.25) is 0 Å². The zero-order chi connectivity index (χ0) is 19.7. The van der Waals surface area contributed by atoms with Crippen molar-refractivity contribution in [3.05, 3.63) is 29.8 Å². The quantitative estimate of drug-likeness (QED) is 0.673. The van der Waals surface area contributed by atoms with Crippen molar-refractivity contribution in [2.45, 2.75) is 56.5 Å². The fraction of sp³-hybridized carbons (Fsp3) is 0.500. The number of imide groups is 1. The van der Waals surface area contributed by atoms with Gasteiger partial charge in [0.2, 0.25) is 5.91 Å². The average Bonchev–Trinajstić information content (AvgIpc) is 3.47. The summed E-state index contributed by atoms with van der Waals surface area (Å²) in [5.74, 6) is -0.886. The summed E-state index contributed by atoms with van der Waals surface area (Å²) in [5.41, 5.74) is 0.206. The highest BCUT2D eigenvalue weighted by Crippen LogP contribution is 2.33. The smallest absolute Gasteiger partial charge is 0.325 e. The summed E-state index contributed by atoms with van der Waals surface area (Å²) in [7, 11) is 0. The van der Waals surface area contributed by atoms with E-state index >= 15 is 0 Å². The minimum Gasteiger partial charge on any atom is -0.349 e. The lowest BCUT2D eigenvalue weighted by molar-refractivity contribution is -0.134. The number of nitrogens with zero attached hydrogens (tertiary/aromatic N) is 1. The summed E-state index contributed by atoms with van der Waals surface area (Å²) in [6.45, 7) is -0.323. The minimum atomic E-state index is -0.827. The van der Waals surface area contributed by atoms with Gasteiger partial charge < -0.3 is 16.0 Å². The van der Waals surface area contributed by atoms with Crippen LogP contribution in [0.4, 0.5) is 10.5 Å². The third kappa shape index (κ3) is 3.72. The Balaban J connectivity index is 1.34. The molecule has 4 rings (SSSR count). The van der Waals surface area contributed by atoms with Gasteiger partial charge in [0.1, 0.15) is 12.1 Å². The minimum absolute atomic E-state index is 0.127. The van der Waals surface area contributed by atoms with Crippen LogP contribution in [0.15, 0.2) is 24.3 Å². The highest BCUT2D eigenvalue weighted by atomic mass is 16.2. The van der Waals surface area contributed by atoms with E-state index in [2.05, 4.69) is 16.0 Å². The molecule has 28 heavy (non-hydrogen) atoms. The highest BCUT2D eigenvalue weighted by Gasteiger charge is 2.51. The largest absolute Gasteiger partial charge is 0.349 e. The van der Waals surface area contributed by atoms with Crippen LogP contribution in [0.3, 0.4) is 0 Å². The highest BCUT2D eigenvalue weighted by molar-refractivity contribution is 6.10. The summed E-state index contributed by atoms with van der Waals surface area (Å²) in [5, 5.41) is 8.37. The Morgan fingerprint density at radius 3 is 2.39 bits per heavy atom. The number of anilines is 1. The van der Waals surface area contributed by atoms with Gasteiger partial charge in [-0.3, -0.25) is 19.3 Å². The van der Waals surface area contributed by atoms with Gasteiger partial charge >= 0.3 is 6.03 Å². The molecule has 1 heterocycles. The molecule has 1 aliphatic heterocycles. The van der Waals surface area contributed by atoms with Crippen LogP contribution in [-0.4, -0.2) is 46.8 Å². The molecule has 3 aliphatic rings. The molecule has 0 unspecified atom stereocenters. The van der Waals surface area contributed by atoms with Crippen molar-refractivity contribution in [1.29, 1.82) is 0 Å². The first-order chi connectivity index (χ1) is 13.5. The summed E-state index contributed by atoms with van der Waals surface area (Å²) >= 11 is 0. The first-order valence-corrected chi connectivity index (χ1v) is 9.82. The molecule has 8 heteroatoms. The summed E-state index contributed by atoms with van der Waals surface area (Å²) < 4.78 is 0. The van der Waals surface area contributed by atoms with Crippen LogP contribution in [0.25, 0.3) is 0 Å². The van der Waals surface area contributed by atoms with E-state index < -0.39 is 17.5 Å². The molecule has 2 saturated carbocycles. The number of hydrogen-bond donors (Lipinski definition) is 3. The van der Waals surface area contributed by atoms with Crippen LogP contribution >= 0.6 is 0 Å². The normalized spacial score (nSPS) is 20.8. The van der Waals surface area contributed by atoms with E-state index in [4.69, 9.17) is 0 Å². The topological polar surface area (TPSA) is 108 Å². The van der Waals surface area contributed by atoms with Crippen LogP contribution in [-0.2, 0) is 9.59 Å². The van der Waals surface area contributed by atoms with Crippen LogP contribution in [0.5, 0.6) is 0 Å². The summed E-state index contributed by atoms with van der Waals surface area (Å²) in [6.07, 6.45) is 6.13. The van der Waals surface area contributed by atoms with Crippen molar-refractivity contribution in [1.82, 2.24) is 15.5 Å². The van der Waals surface area contributed by atoms with Crippen LogP contribution in [0, 0.1) is 0 Å². The standard InChI is InChI=1S/C20H24N4O4/c25-16(12-24-18(27)20(23-19(24)28)10-2-1-3-11-20)21-14-6-4-13(5-7-14)17(26)22-15-8-9-15/h4-7,15H,1-3,8-12H2,(H,21,25)(H,22,26)(H,23,28). The lowest BCUT2D eigenvalue weighted by Gasteiger charge is -2.30. The van der Waals surface area contributed by atoms with E-state index in [0.29, 0.717) is 24.1 Å². The molecule has 0 atom stereocenters. The van der Waals surface area contributed by atoms with E-state index in [9.17, 15) is 19.2 Å². The zero-order valence-corrected chi connectivity index (χ0v) is 15.6. The maximum Gasteiger partial charge on any atom is 0.325 e. The molecule has 2 aliphatic carbocycles. The first-order valence-electron chi connectivity index (χ1n) is 9.82. The molecular formula is C20H24N4O4. The number of amides is 5. The second-order valence-electron chi connectivity index (χ2n) is 7.84. The number of benzene rings is 1. The van der Waals surface area contributed by atoms with Gasteiger partial charge in [0.05, 0.1) is 0 Å². The third-order valence-corrected chi connectivity index (χ3v) is 5.60. The van der Waals surface area contributed by atoms with E-state index in [1.807, 2.05) is 0 Å². The SMILES string of the molecule is O=C(CN1C(=O)NC2(CCCCC2)C1=O)Nc1ccc(C(=O)NC2CC2)cc1. The number of carbonyl (C=O) groups excluding carboxylic acids is 4. The van der Waals surface area contributed by atoms with E-state index in [1.54, 1.807) is 24.3 Å². The molecule has 0 aromatic heterocycles. The molecule has 5 amide bonds. The van der Waals surface area contributed by atoms with Gasteiger partial charge in [0.15, 0.2) is 0 Å². The molecule has 3 fully saturated rings. The van der Waals surface area contributed by atoms with Crippen molar-refractivity contribution >= 4 is 29.4 Å². The number of hydrogen-bond acceptors (Lipinski definition) is 4. The fourth-order valence-corrected chi connectivity index (χ4v) is 3.86. The van der Waals surface area contributed by atoms with Crippen molar-refractivity contribution in [2.75, 3.05) is 11.9 Å². The molecule has 1 saturated heterocycles. The van der Waals surface area contributed by atoms with Crippen molar-refractivity contribution in [3.8, 4) is 0 Å². The molecule has 1 aromatic rings.